The molecular weight excluding hydrogens is 416 g/mol. The molecule has 4 heterocycles. The lowest BCUT2D eigenvalue weighted by Gasteiger charge is -2.21. The molecule has 0 radical (unpaired) electrons. The molecule has 0 unspecified atom stereocenters. The van der Waals surface area contributed by atoms with Gasteiger partial charge in [0.15, 0.2) is 0 Å². The second-order valence-corrected chi connectivity index (χ2v) is 8.98. The quantitative estimate of drug-likeness (QED) is 0.605. The molecule has 0 bridgehead atoms. The first-order chi connectivity index (χ1) is 13.7. The van der Waals surface area contributed by atoms with Gasteiger partial charge < -0.3 is 4.42 Å². The molecule has 0 amide bonds. The normalized spacial score (nSPS) is 16.4. The average molecular weight is 427 g/mol. The summed E-state index contributed by atoms with van der Waals surface area (Å²) in [5, 5.41) is 19.2. The Morgan fingerprint density at radius 1 is 1.29 bits per heavy atom. The van der Waals surface area contributed by atoms with Crippen LogP contribution in [0.1, 0.15) is 29.7 Å². The SMILES string of the molecule is N#Cc1cc(Cl)cnc1CSC1=NC2(CC2)c2cc(-c3ncco3)nnc2S1. The zero-order chi connectivity index (χ0) is 19.1. The third-order valence-electron chi connectivity index (χ3n) is 4.52. The molecule has 2 aliphatic rings. The highest BCUT2D eigenvalue weighted by Crippen LogP contribution is 2.56. The van der Waals surface area contributed by atoms with Crippen molar-refractivity contribution >= 4 is 39.5 Å². The van der Waals surface area contributed by atoms with E-state index in [1.807, 2.05) is 6.07 Å². The van der Waals surface area contributed by atoms with E-state index in [2.05, 4.69) is 26.2 Å². The number of oxazole rings is 1. The minimum absolute atomic E-state index is 0.230. The average Bonchev–Trinajstić information content (AvgIpc) is 3.26. The molecule has 0 N–H and O–H groups in total. The van der Waals surface area contributed by atoms with Crippen molar-refractivity contribution in [1.82, 2.24) is 20.2 Å². The van der Waals surface area contributed by atoms with Gasteiger partial charge in [-0.25, -0.2) is 4.98 Å². The van der Waals surface area contributed by atoms with E-state index < -0.39 is 0 Å². The monoisotopic (exact) mass is 426 g/mol. The Morgan fingerprint density at radius 2 is 2.18 bits per heavy atom. The number of pyridine rings is 1. The van der Waals surface area contributed by atoms with E-state index in [4.69, 9.17) is 21.0 Å². The number of aliphatic imine (C=N–C) groups is 1. The lowest BCUT2D eigenvalue weighted by Crippen LogP contribution is -2.14. The third-order valence-corrected chi connectivity index (χ3v) is 6.84. The molecule has 1 aliphatic heterocycles. The van der Waals surface area contributed by atoms with Crippen molar-refractivity contribution in [2.24, 2.45) is 4.99 Å². The first kappa shape index (κ1) is 17.7. The molecule has 0 aromatic carbocycles. The van der Waals surface area contributed by atoms with Gasteiger partial charge in [0.05, 0.1) is 28.0 Å². The molecule has 3 aromatic heterocycles. The van der Waals surface area contributed by atoms with Crippen LogP contribution in [0.2, 0.25) is 5.02 Å². The van der Waals surface area contributed by atoms with Crippen LogP contribution in [0.4, 0.5) is 0 Å². The zero-order valence-electron chi connectivity index (χ0n) is 14.3. The summed E-state index contributed by atoms with van der Waals surface area (Å²) in [6.45, 7) is 0. The highest BCUT2D eigenvalue weighted by molar-refractivity contribution is 8.38. The summed E-state index contributed by atoms with van der Waals surface area (Å²) in [5.74, 6) is 0.997. The number of rotatable bonds is 3. The highest BCUT2D eigenvalue weighted by atomic mass is 35.5. The molecule has 3 aromatic rings. The Labute approximate surface area is 173 Å². The predicted octanol–water partition coefficient (Wildman–Crippen LogP) is 4.44. The molecule has 10 heteroatoms. The summed E-state index contributed by atoms with van der Waals surface area (Å²) >= 11 is 8.97. The molecule has 7 nitrogen and oxygen atoms in total. The van der Waals surface area contributed by atoms with Crippen molar-refractivity contribution in [3.8, 4) is 17.7 Å². The molecule has 5 rings (SSSR count). The van der Waals surface area contributed by atoms with Gasteiger partial charge in [0.25, 0.3) is 0 Å². The van der Waals surface area contributed by atoms with Crippen LogP contribution in [-0.2, 0) is 11.3 Å². The standard InChI is InChI=1S/C18H11ClN6OS2/c19-11-5-10(7-20)14(22-8-11)9-27-17-23-18(1-2-18)12-6-13(15-21-3-4-26-15)24-25-16(12)28-17/h3-6,8H,1-2,9H2. The maximum Gasteiger partial charge on any atom is 0.246 e. The fourth-order valence-electron chi connectivity index (χ4n) is 2.95. The van der Waals surface area contributed by atoms with Crippen LogP contribution in [0.5, 0.6) is 0 Å². The fourth-order valence-corrected chi connectivity index (χ4v) is 5.32. The number of hydrogen-bond acceptors (Lipinski definition) is 9. The van der Waals surface area contributed by atoms with Crippen LogP contribution >= 0.6 is 35.1 Å². The largest absolute Gasteiger partial charge is 0.443 e. The van der Waals surface area contributed by atoms with Gasteiger partial charge in [-0.2, -0.15) is 5.26 Å². The maximum atomic E-state index is 9.28. The Hall–Kier alpha value is -2.41. The summed E-state index contributed by atoms with van der Waals surface area (Å²) in [7, 11) is 0. The van der Waals surface area contributed by atoms with Gasteiger partial charge in [0, 0.05) is 17.5 Å². The van der Waals surface area contributed by atoms with E-state index in [1.165, 1.54) is 18.0 Å². The van der Waals surface area contributed by atoms with E-state index in [0.29, 0.717) is 33.6 Å². The van der Waals surface area contributed by atoms with Gasteiger partial charge in [0.1, 0.15) is 27.4 Å². The van der Waals surface area contributed by atoms with Gasteiger partial charge in [-0.05, 0) is 36.7 Å². The number of fused-ring (bicyclic) bond motifs is 2. The highest BCUT2D eigenvalue weighted by Gasteiger charge is 2.49. The zero-order valence-corrected chi connectivity index (χ0v) is 16.7. The van der Waals surface area contributed by atoms with Gasteiger partial charge in [-0.1, -0.05) is 23.4 Å². The number of nitrogens with zero attached hydrogens (tertiary/aromatic N) is 6. The molecule has 1 saturated carbocycles. The van der Waals surface area contributed by atoms with Crippen molar-refractivity contribution in [3.63, 3.8) is 0 Å². The van der Waals surface area contributed by atoms with Crippen molar-refractivity contribution in [2.75, 3.05) is 0 Å². The summed E-state index contributed by atoms with van der Waals surface area (Å²) in [5.41, 5.74) is 2.64. The van der Waals surface area contributed by atoms with E-state index in [-0.39, 0.29) is 5.54 Å². The van der Waals surface area contributed by atoms with Crippen molar-refractivity contribution in [2.45, 2.75) is 29.2 Å². The fraction of sp³-hybridized carbons (Fsp3) is 0.222. The smallest absolute Gasteiger partial charge is 0.246 e. The number of aromatic nitrogens is 4. The molecule has 138 valence electrons. The van der Waals surface area contributed by atoms with Crippen LogP contribution in [0, 0.1) is 11.3 Å². The summed E-state index contributed by atoms with van der Waals surface area (Å²) in [4.78, 5) is 13.4. The number of nitriles is 1. The third kappa shape index (κ3) is 3.17. The number of thioether (sulfide) groups is 2. The van der Waals surface area contributed by atoms with E-state index in [0.717, 1.165) is 27.8 Å². The minimum Gasteiger partial charge on any atom is -0.443 e. The minimum atomic E-state index is -0.230. The Balaban J connectivity index is 1.40. The van der Waals surface area contributed by atoms with Crippen molar-refractivity contribution < 1.29 is 4.42 Å². The second-order valence-electron chi connectivity index (χ2n) is 6.35. The molecule has 1 aliphatic carbocycles. The Morgan fingerprint density at radius 3 is 2.93 bits per heavy atom. The van der Waals surface area contributed by atoms with Crippen LogP contribution < -0.4 is 0 Å². The maximum absolute atomic E-state index is 9.28. The number of hydrogen-bond donors (Lipinski definition) is 0. The molecule has 0 saturated heterocycles. The first-order valence-electron chi connectivity index (χ1n) is 8.40. The van der Waals surface area contributed by atoms with Crippen LogP contribution in [0.15, 0.2) is 45.2 Å². The molecule has 1 fully saturated rings. The topological polar surface area (TPSA) is 101 Å². The van der Waals surface area contributed by atoms with Crippen molar-refractivity contribution in [3.05, 3.63) is 52.6 Å². The van der Waals surface area contributed by atoms with Gasteiger partial charge in [-0.15, -0.1) is 10.2 Å². The number of halogens is 1. The van der Waals surface area contributed by atoms with Gasteiger partial charge >= 0.3 is 0 Å². The van der Waals surface area contributed by atoms with Crippen LogP contribution in [0.25, 0.3) is 11.6 Å². The first-order valence-corrected chi connectivity index (χ1v) is 10.6. The van der Waals surface area contributed by atoms with Gasteiger partial charge in [0.2, 0.25) is 5.89 Å². The lowest BCUT2D eigenvalue weighted by atomic mass is 10.1. The van der Waals surface area contributed by atoms with E-state index in [1.54, 1.807) is 30.2 Å². The predicted molar refractivity (Wildman–Crippen MR) is 107 cm³/mol. The summed E-state index contributed by atoms with van der Waals surface area (Å²) < 4.78 is 6.24. The molecule has 0 atom stereocenters. The van der Waals surface area contributed by atoms with E-state index in [9.17, 15) is 5.26 Å². The summed E-state index contributed by atoms with van der Waals surface area (Å²) in [6.07, 6.45) is 6.62. The second kappa shape index (κ2) is 6.88. The molecular formula is C18H11ClN6OS2. The van der Waals surface area contributed by atoms with Gasteiger partial charge in [-0.3, -0.25) is 9.98 Å². The Kier molecular flexibility index (Phi) is 4.34. The molecule has 1 spiro atoms. The van der Waals surface area contributed by atoms with Crippen LogP contribution in [-0.4, -0.2) is 24.5 Å². The van der Waals surface area contributed by atoms with Crippen LogP contribution in [0.3, 0.4) is 0 Å². The lowest BCUT2D eigenvalue weighted by molar-refractivity contribution is 0.568. The summed E-state index contributed by atoms with van der Waals surface area (Å²) in [6, 6.07) is 5.76. The van der Waals surface area contributed by atoms with E-state index >= 15 is 0 Å². The Bertz CT molecular complexity index is 1140. The van der Waals surface area contributed by atoms with Crippen molar-refractivity contribution in [1.29, 1.82) is 5.26 Å². The molecule has 28 heavy (non-hydrogen) atoms.